The highest BCUT2D eigenvalue weighted by Gasteiger charge is 2.37. The van der Waals surface area contributed by atoms with Gasteiger partial charge in [-0.15, -0.1) is 0 Å². The van der Waals surface area contributed by atoms with E-state index in [0.717, 1.165) is 16.2 Å². The van der Waals surface area contributed by atoms with Crippen LogP contribution < -0.4 is 20.1 Å². The Labute approximate surface area is 339 Å². The Balaban J connectivity index is 0.000000232. The number of benzene rings is 4. The van der Waals surface area contributed by atoms with Gasteiger partial charge in [0.2, 0.25) is 0 Å². The molecule has 4 N–H and O–H groups in total. The number of likely N-dealkylation sites (N-methyl/N-ethyl adjacent to an activating group) is 2. The van der Waals surface area contributed by atoms with E-state index in [1.54, 1.807) is 6.92 Å². The first-order valence-corrected chi connectivity index (χ1v) is 18.1. The molecular weight excluding hydrogens is 802 g/mol. The number of rotatable bonds is 11. The topological polar surface area (TPSA) is 158 Å². The number of nitrogens with zero attached hydrogens (tertiary/aromatic N) is 2. The Morgan fingerprint density at radius 2 is 1.03 bits per heavy atom. The largest absolute Gasteiger partial charge is 0.503 e. The second kappa shape index (κ2) is 18.3. The molecule has 0 unspecified atom stereocenters. The molecular formula is C42H38F6N4O8. The van der Waals surface area contributed by atoms with Gasteiger partial charge in [0.25, 0.3) is 23.6 Å². The van der Waals surface area contributed by atoms with Gasteiger partial charge in [0.1, 0.15) is 23.0 Å². The van der Waals surface area contributed by atoms with E-state index in [9.17, 15) is 55.7 Å². The summed E-state index contributed by atoms with van der Waals surface area (Å²) in [6, 6.07) is 21.6. The minimum absolute atomic E-state index is 0.00153. The molecule has 0 atom stereocenters. The zero-order valence-corrected chi connectivity index (χ0v) is 32.2. The minimum Gasteiger partial charge on any atom is -0.503 e. The van der Waals surface area contributed by atoms with Crippen molar-refractivity contribution < 1.29 is 65.2 Å². The second-order valence-electron chi connectivity index (χ2n) is 13.5. The first-order chi connectivity index (χ1) is 28.2. The molecule has 2 aliphatic heterocycles. The summed E-state index contributed by atoms with van der Waals surface area (Å²) in [5.41, 5.74) is -0.403. The maximum atomic E-state index is 13.0. The van der Waals surface area contributed by atoms with Crippen molar-refractivity contribution in [2.24, 2.45) is 0 Å². The van der Waals surface area contributed by atoms with Gasteiger partial charge in [-0.05, 0) is 79.6 Å². The number of aliphatic hydroxyl groups is 2. The lowest BCUT2D eigenvalue weighted by Crippen LogP contribution is -2.29. The molecule has 4 aromatic rings. The molecule has 12 nitrogen and oxygen atoms in total. The van der Waals surface area contributed by atoms with Crippen molar-refractivity contribution in [2.75, 3.05) is 26.7 Å². The number of ether oxygens (including phenoxy) is 2. The lowest BCUT2D eigenvalue weighted by Gasteiger charge is -2.15. The summed E-state index contributed by atoms with van der Waals surface area (Å²) in [6.45, 7) is 4.62. The Bertz CT molecular complexity index is 2270. The van der Waals surface area contributed by atoms with Crippen molar-refractivity contribution in [1.29, 1.82) is 0 Å². The van der Waals surface area contributed by atoms with Crippen LogP contribution in [0.1, 0.15) is 34.7 Å². The van der Waals surface area contributed by atoms with E-state index in [0.29, 0.717) is 36.5 Å². The number of nitrogens with one attached hydrogen (secondary N) is 2. The molecule has 316 valence electrons. The quantitative estimate of drug-likeness (QED) is 0.113. The molecule has 4 aromatic carbocycles. The van der Waals surface area contributed by atoms with Crippen molar-refractivity contribution in [2.45, 2.75) is 39.3 Å². The Morgan fingerprint density at radius 1 is 0.633 bits per heavy atom. The maximum absolute atomic E-state index is 13.0. The molecule has 2 heterocycles. The lowest BCUT2D eigenvalue weighted by atomic mass is 10.1. The Hall–Kier alpha value is -6.98. The molecule has 0 saturated heterocycles. The van der Waals surface area contributed by atoms with Crippen LogP contribution in [0, 0.1) is 6.92 Å². The lowest BCUT2D eigenvalue weighted by molar-refractivity contribution is -0.143. The van der Waals surface area contributed by atoms with Crippen molar-refractivity contribution in [3.8, 4) is 23.0 Å². The van der Waals surface area contributed by atoms with Gasteiger partial charge >= 0.3 is 12.4 Å². The third kappa shape index (κ3) is 11.1. The van der Waals surface area contributed by atoms with Crippen LogP contribution in [0.2, 0.25) is 0 Å². The first-order valence-electron chi connectivity index (χ1n) is 18.1. The van der Waals surface area contributed by atoms with Crippen LogP contribution in [-0.2, 0) is 44.6 Å². The van der Waals surface area contributed by atoms with E-state index in [1.807, 2.05) is 55.5 Å². The fourth-order valence-corrected chi connectivity index (χ4v) is 5.72. The Kier molecular flexibility index (Phi) is 13.5. The highest BCUT2D eigenvalue weighted by Crippen LogP contribution is 2.39. The zero-order chi connectivity index (χ0) is 43.9. The SMILES string of the molecule is CCN1CC(C(=O)NCc2ccc(Oc3ccc(C)cc3)cc2)=C(O)C1=O.CN1CC(C(=O)NCc2ccc(Oc3cc(C(F)(F)F)cc(C(F)(F)F)c3)cc2)=C(O)C1=O. The molecule has 60 heavy (non-hydrogen) atoms. The van der Waals surface area contributed by atoms with Crippen LogP contribution in [0.25, 0.3) is 0 Å². The fraction of sp³-hybridized carbons (Fsp3) is 0.238. The molecule has 0 radical (unpaired) electrons. The zero-order valence-electron chi connectivity index (χ0n) is 32.2. The van der Waals surface area contributed by atoms with E-state index in [1.165, 1.54) is 41.8 Å². The van der Waals surface area contributed by atoms with E-state index in [-0.39, 0.29) is 42.6 Å². The third-order valence-electron chi connectivity index (χ3n) is 9.09. The smallest absolute Gasteiger partial charge is 0.416 e. The summed E-state index contributed by atoms with van der Waals surface area (Å²) < 4.78 is 88.7. The predicted octanol–water partition coefficient (Wildman–Crippen LogP) is 7.49. The molecule has 2 aliphatic rings. The van der Waals surface area contributed by atoms with Crippen LogP contribution in [-0.4, -0.2) is 70.3 Å². The highest BCUT2D eigenvalue weighted by molar-refractivity contribution is 6.07. The molecule has 0 bridgehead atoms. The summed E-state index contributed by atoms with van der Waals surface area (Å²) in [4.78, 5) is 50.2. The monoisotopic (exact) mass is 840 g/mol. The number of hydrogen-bond acceptors (Lipinski definition) is 8. The maximum Gasteiger partial charge on any atom is 0.416 e. The van der Waals surface area contributed by atoms with E-state index < -0.39 is 64.4 Å². The van der Waals surface area contributed by atoms with Gasteiger partial charge in [0.15, 0.2) is 11.5 Å². The Morgan fingerprint density at radius 3 is 1.42 bits per heavy atom. The molecule has 0 fully saturated rings. The summed E-state index contributed by atoms with van der Waals surface area (Å²) in [6.07, 6.45) is -9.99. The van der Waals surface area contributed by atoms with Gasteiger partial charge in [-0.1, -0.05) is 42.0 Å². The van der Waals surface area contributed by atoms with Gasteiger partial charge in [0.05, 0.1) is 35.4 Å². The number of aliphatic hydroxyl groups excluding tert-OH is 2. The van der Waals surface area contributed by atoms with E-state index >= 15 is 0 Å². The van der Waals surface area contributed by atoms with Gasteiger partial charge in [0, 0.05) is 26.7 Å². The number of carbonyl (C=O) groups excluding carboxylic acids is 4. The summed E-state index contributed by atoms with van der Waals surface area (Å²) in [5.74, 6) is -2.58. The second-order valence-corrected chi connectivity index (χ2v) is 13.5. The van der Waals surface area contributed by atoms with E-state index in [4.69, 9.17) is 9.47 Å². The molecule has 18 heteroatoms. The summed E-state index contributed by atoms with van der Waals surface area (Å²) >= 11 is 0. The van der Waals surface area contributed by atoms with Crippen molar-refractivity contribution in [3.05, 3.63) is 141 Å². The average Bonchev–Trinajstić information content (AvgIpc) is 3.65. The number of halogens is 6. The fourth-order valence-electron chi connectivity index (χ4n) is 5.72. The molecule has 0 aromatic heterocycles. The van der Waals surface area contributed by atoms with Gasteiger partial charge in [-0.25, -0.2) is 0 Å². The summed E-state index contributed by atoms with van der Waals surface area (Å²) in [5, 5.41) is 24.8. The number of alkyl halides is 6. The molecule has 6 rings (SSSR count). The molecule has 4 amide bonds. The van der Waals surface area contributed by atoms with Crippen molar-refractivity contribution in [3.63, 3.8) is 0 Å². The standard InChI is InChI=1S/C21H16F6N2O4.C21H22N2O4/c1-29-10-16(17(30)19(29)32)18(31)28-9-11-2-4-14(5-3-11)33-15-7-12(20(22,23)24)6-13(8-15)21(25,26)27;1-3-23-13-18(19(24)21(23)26)20(25)22-12-15-6-10-17(11-7-15)27-16-8-4-14(2)5-9-16/h2-8,30H,9-10H2,1H3,(H,28,31);4-11,24H,3,12-13H2,1-2H3,(H,22,25). The van der Waals surface area contributed by atoms with Crippen LogP contribution in [0.4, 0.5) is 26.3 Å². The predicted molar refractivity (Wildman–Crippen MR) is 204 cm³/mol. The number of carbonyl (C=O) groups is 4. The highest BCUT2D eigenvalue weighted by atomic mass is 19.4. The normalized spacial score (nSPS) is 14.3. The van der Waals surface area contributed by atoms with Gasteiger partial charge < -0.3 is 40.1 Å². The average molecular weight is 841 g/mol. The van der Waals surface area contributed by atoms with Crippen LogP contribution in [0.5, 0.6) is 23.0 Å². The van der Waals surface area contributed by atoms with Gasteiger partial charge in [-0.2, -0.15) is 26.3 Å². The number of amides is 4. The van der Waals surface area contributed by atoms with Crippen molar-refractivity contribution in [1.82, 2.24) is 20.4 Å². The third-order valence-corrected chi connectivity index (χ3v) is 9.09. The van der Waals surface area contributed by atoms with E-state index in [2.05, 4.69) is 10.6 Å². The first kappa shape index (κ1) is 44.1. The molecule has 0 saturated carbocycles. The number of hydrogen-bond donors (Lipinski definition) is 4. The minimum atomic E-state index is -5.00. The number of aryl methyl sites for hydroxylation is 1. The molecule has 0 aliphatic carbocycles. The van der Waals surface area contributed by atoms with Crippen molar-refractivity contribution >= 4 is 23.6 Å². The van der Waals surface area contributed by atoms with Crippen LogP contribution in [0.3, 0.4) is 0 Å². The molecule has 0 spiro atoms. The van der Waals surface area contributed by atoms with Crippen LogP contribution in [0.15, 0.2) is 114 Å². The van der Waals surface area contributed by atoms with Gasteiger partial charge in [-0.3, -0.25) is 19.2 Å². The van der Waals surface area contributed by atoms with Crippen LogP contribution >= 0.6 is 0 Å². The summed E-state index contributed by atoms with van der Waals surface area (Å²) in [7, 11) is 1.42.